The molecule has 0 radical (unpaired) electrons. The van der Waals surface area contributed by atoms with Gasteiger partial charge in [0.05, 0.1) is 18.8 Å². The summed E-state index contributed by atoms with van der Waals surface area (Å²) in [5, 5.41) is 2.33. The number of ether oxygens (including phenoxy) is 1. The van der Waals surface area contributed by atoms with E-state index in [2.05, 4.69) is 10.2 Å². The molecule has 0 aliphatic carbocycles. The zero-order chi connectivity index (χ0) is 18.0. The minimum atomic E-state index is -2.02. The minimum Gasteiger partial charge on any atom is -0.378 e. The maximum Gasteiger partial charge on any atom is 0.258 e. The third-order valence-electron chi connectivity index (χ3n) is 3.85. The fourth-order valence-electron chi connectivity index (χ4n) is 2.51. The summed E-state index contributed by atoms with van der Waals surface area (Å²) in [5.74, 6) is -8.42. The molecule has 1 aliphatic heterocycles. The van der Waals surface area contributed by atoms with Crippen LogP contribution in [0.4, 0.5) is 28.9 Å². The lowest BCUT2D eigenvalue weighted by Gasteiger charge is -2.28. The average Bonchev–Trinajstić information content (AvgIpc) is 2.64. The van der Waals surface area contributed by atoms with Crippen molar-refractivity contribution >= 4 is 17.3 Å². The van der Waals surface area contributed by atoms with E-state index in [1.165, 1.54) is 0 Å². The molecule has 0 atom stereocenters. The van der Waals surface area contributed by atoms with Crippen LogP contribution in [-0.4, -0.2) is 32.2 Å². The average molecular weight is 354 g/mol. The van der Waals surface area contributed by atoms with Crippen molar-refractivity contribution in [2.45, 2.75) is 0 Å². The Kier molecular flexibility index (Phi) is 4.89. The Labute approximate surface area is 141 Å². The number of rotatable bonds is 3. The van der Waals surface area contributed by atoms with Crippen LogP contribution in [0.15, 0.2) is 30.3 Å². The molecule has 0 spiro atoms. The third-order valence-corrected chi connectivity index (χ3v) is 3.85. The molecule has 1 aliphatic rings. The lowest BCUT2D eigenvalue weighted by Crippen LogP contribution is -2.36. The van der Waals surface area contributed by atoms with Gasteiger partial charge in [0.25, 0.3) is 5.91 Å². The molecule has 8 heteroatoms. The summed E-state index contributed by atoms with van der Waals surface area (Å²) < 4.78 is 58.3. The van der Waals surface area contributed by atoms with Crippen LogP contribution in [0.2, 0.25) is 0 Å². The number of nitrogens with zero attached hydrogens (tertiary/aromatic N) is 1. The predicted octanol–water partition coefficient (Wildman–Crippen LogP) is 3.33. The van der Waals surface area contributed by atoms with Gasteiger partial charge < -0.3 is 15.0 Å². The summed E-state index contributed by atoms with van der Waals surface area (Å²) in [6.45, 7) is 2.73. The largest absolute Gasteiger partial charge is 0.378 e. The third kappa shape index (κ3) is 3.58. The van der Waals surface area contributed by atoms with E-state index >= 15 is 0 Å². The first-order valence-corrected chi connectivity index (χ1v) is 7.54. The Morgan fingerprint density at radius 1 is 0.960 bits per heavy atom. The Bertz CT molecular complexity index is 790. The van der Waals surface area contributed by atoms with Gasteiger partial charge in [-0.05, 0) is 30.3 Å². The van der Waals surface area contributed by atoms with E-state index in [1.807, 2.05) is 0 Å². The van der Waals surface area contributed by atoms with Crippen LogP contribution in [0, 0.1) is 23.3 Å². The number of hydrogen-bond acceptors (Lipinski definition) is 3. The quantitative estimate of drug-likeness (QED) is 0.522. The smallest absolute Gasteiger partial charge is 0.258 e. The second-order valence-electron chi connectivity index (χ2n) is 5.45. The monoisotopic (exact) mass is 354 g/mol. The first-order chi connectivity index (χ1) is 12.0. The molecule has 0 aromatic heterocycles. The molecule has 4 nitrogen and oxygen atoms in total. The summed E-state index contributed by atoms with van der Waals surface area (Å²) in [7, 11) is 0. The first-order valence-electron chi connectivity index (χ1n) is 7.54. The van der Waals surface area contributed by atoms with E-state index < -0.39 is 34.7 Å². The minimum absolute atomic E-state index is 0.312. The van der Waals surface area contributed by atoms with Crippen molar-refractivity contribution in [3.63, 3.8) is 0 Å². The van der Waals surface area contributed by atoms with Crippen LogP contribution >= 0.6 is 0 Å². The Balaban J connectivity index is 1.75. The maximum absolute atomic E-state index is 13.6. The fourth-order valence-corrected chi connectivity index (χ4v) is 2.51. The number of halogens is 4. The molecule has 3 rings (SSSR count). The van der Waals surface area contributed by atoms with Crippen LogP contribution in [0.25, 0.3) is 0 Å². The van der Waals surface area contributed by atoms with Gasteiger partial charge in [-0.1, -0.05) is 0 Å². The van der Waals surface area contributed by atoms with Gasteiger partial charge in [0.1, 0.15) is 0 Å². The number of nitrogens with one attached hydrogen (secondary N) is 1. The van der Waals surface area contributed by atoms with E-state index in [0.29, 0.717) is 25.0 Å². The summed E-state index contributed by atoms with van der Waals surface area (Å²) in [6.07, 6.45) is 0. The van der Waals surface area contributed by atoms with Crippen molar-refractivity contribution in [2.24, 2.45) is 0 Å². The Morgan fingerprint density at radius 2 is 1.60 bits per heavy atom. The second kappa shape index (κ2) is 7.10. The van der Waals surface area contributed by atoms with Gasteiger partial charge in [-0.25, -0.2) is 17.6 Å². The summed E-state index contributed by atoms with van der Waals surface area (Å²) in [4.78, 5) is 14.1. The summed E-state index contributed by atoms with van der Waals surface area (Å²) >= 11 is 0. The van der Waals surface area contributed by atoms with Gasteiger partial charge in [0.15, 0.2) is 23.3 Å². The van der Waals surface area contributed by atoms with E-state index in [9.17, 15) is 22.4 Å². The maximum atomic E-state index is 13.6. The first kappa shape index (κ1) is 17.2. The number of carbonyl (C=O) groups excluding carboxylic acids is 1. The molecule has 1 N–H and O–H groups in total. The lowest BCUT2D eigenvalue weighted by molar-refractivity contribution is 0.102. The molecule has 1 amide bonds. The normalized spacial score (nSPS) is 14.5. The van der Waals surface area contributed by atoms with Crippen LogP contribution in [0.3, 0.4) is 0 Å². The van der Waals surface area contributed by atoms with E-state index in [1.54, 1.807) is 24.3 Å². The topological polar surface area (TPSA) is 41.6 Å². The summed E-state index contributed by atoms with van der Waals surface area (Å²) in [5.41, 5.74) is 0.326. The van der Waals surface area contributed by atoms with Gasteiger partial charge in [-0.15, -0.1) is 0 Å². The highest BCUT2D eigenvalue weighted by Crippen LogP contribution is 2.22. The number of benzene rings is 2. The van der Waals surface area contributed by atoms with Gasteiger partial charge >= 0.3 is 0 Å². The highest BCUT2D eigenvalue weighted by atomic mass is 19.2. The molecule has 1 fully saturated rings. The zero-order valence-corrected chi connectivity index (χ0v) is 13.0. The van der Waals surface area contributed by atoms with Gasteiger partial charge in [-0.2, -0.15) is 0 Å². The standard InChI is InChI=1S/C17H14F4N2O2/c18-13-9-12(14(19)16(21)15(13)20)17(24)22-10-1-3-11(4-2-10)23-5-7-25-8-6-23/h1-4,9H,5-8H2,(H,22,24). The highest BCUT2D eigenvalue weighted by molar-refractivity contribution is 6.04. The van der Waals surface area contributed by atoms with Crippen molar-refractivity contribution in [1.29, 1.82) is 0 Å². The van der Waals surface area contributed by atoms with Crippen molar-refractivity contribution < 1.29 is 27.1 Å². The van der Waals surface area contributed by atoms with Crippen molar-refractivity contribution in [2.75, 3.05) is 36.5 Å². The van der Waals surface area contributed by atoms with E-state index in [-0.39, 0.29) is 0 Å². The molecule has 1 heterocycles. The Hall–Kier alpha value is -2.61. The molecular formula is C17H14F4N2O2. The van der Waals surface area contributed by atoms with Crippen molar-refractivity contribution in [3.8, 4) is 0 Å². The molecule has 0 unspecified atom stereocenters. The number of morpholine rings is 1. The van der Waals surface area contributed by atoms with E-state index in [4.69, 9.17) is 4.74 Å². The van der Waals surface area contributed by atoms with Crippen LogP contribution < -0.4 is 10.2 Å². The van der Waals surface area contributed by atoms with E-state index in [0.717, 1.165) is 18.8 Å². The molecule has 0 bridgehead atoms. The lowest BCUT2D eigenvalue weighted by atomic mass is 10.1. The molecule has 2 aromatic carbocycles. The molecule has 25 heavy (non-hydrogen) atoms. The van der Waals surface area contributed by atoms with Crippen molar-refractivity contribution in [1.82, 2.24) is 0 Å². The van der Waals surface area contributed by atoms with Gasteiger partial charge in [0.2, 0.25) is 0 Å². The van der Waals surface area contributed by atoms with Crippen LogP contribution in [0.1, 0.15) is 10.4 Å². The molecule has 0 saturated carbocycles. The highest BCUT2D eigenvalue weighted by Gasteiger charge is 2.23. The number of hydrogen-bond donors (Lipinski definition) is 1. The molecule has 2 aromatic rings. The zero-order valence-electron chi connectivity index (χ0n) is 13.0. The molecular weight excluding hydrogens is 340 g/mol. The fraction of sp³-hybridized carbons (Fsp3) is 0.235. The van der Waals surface area contributed by atoms with Crippen LogP contribution in [-0.2, 0) is 4.74 Å². The van der Waals surface area contributed by atoms with Gasteiger partial charge in [-0.3, -0.25) is 4.79 Å². The molecule has 132 valence electrons. The number of anilines is 2. The second-order valence-corrected chi connectivity index (χ2v) is 5.45. The molecule has 1 saturated heterocycles. The predicted molar refractivity (Wildman–Crippen MR) is 83.7 cm³/mol. The van der Waals surface area contributed by atoms with Gasteiger partial charge in [0, 0.05) is 24.5 Å². The summed E-state index contributed by atoms with van der Waals surface area (Å²) in [6, 6.07) is 6.99. The SMILES string of the molecule is O=C(Nc1ccc(N2CCOCC2)cc1)c1cc(F)c(F)c(F)c1F. The number of carbonyl (C=O) groups is 1. The number of amides is 1. The van der Waals surface area contributed by atoms with Crippen LogP contribution in [0.5, 0.6) is 0 Å². The van der Waals surface area contributed by atoms with Crippen molar-refractivity contribution in [3.05, 3.63) is 59.2 Å². The Morgan fingerprint density at radius 3 is 2.24 bits per heavy atom.